The summed E-state index contributed by atoms with van der Waals surface area (Å²) in [6.07, 6.45) is 8.20. The van der Waals surface area contributed by atoms with Crippen LogP contribution in [-0.4, -0.2) is 16.2 Å². The lowest BCUT2D eigenvalue weighted by molar-refractivity contribution is -0.586. The van der Waals surface area contributed by atoms with Crippen LogP contribution in [0.5, 0.6) is 0 Å². The number of carbonyl (C=O) groups is 1. The maximum atomic E-state index is 11.7. The number of rotatable bonds is 2. The first kappa shape index (κ1) is 12.5. The van der Waals surface area contributed by atoms with E-state index in [9.17, 15) is 14.9 Å². The Bertz CT molecular complexity index is 308. The van der Waals surface area contributed by atoms with Crippen molar-refractivity contribution in [3.8, 4) is 0 Å². The van der Waals surface area contributed by atoms with E-state index in [-0.39, 0.29) is 16.6 Å². The quantitative estimate of drug-likeness (QED) is 0.422. The Hall–Kier alpha value is -0.930. The summed E-state index contributed by atoms with van der Waals surface area (Å²) < 4.78 is 0. The van der Waals surface area contributed by atoms with E-state index in [2.05, 4.69) is 0 Å². The smallest absolute Gasteiger partial charge is 0.225 e. The Morgan fingerprint density at radius 1 is 1.12 bits per heavy atom. The van der Waals surface area contributed by atoms with Crippen molar-refractivity contribution in [3.05, 3.63) is 10.1 Å². The summed E-state index contributed by atoms with van der Waals surface area (Å²) in [4.78, 5) is 23.1. The molecule has 0 N–H and O–H groups in total. The van der Waals surface area contributed by atoms with Crippen molar-refractivity contribution in [1.29, 1.82) is 0 Å². The Morgan fingerprint density at radius 3 is 2.47 bits per heavy atom. The fourth-order valence-corrected chi connectivity index (χ4v) is 3.55. The van der Waals surface area contributed by atoms with Gasteiger partial charge in [-0.2, -0.15) is 0 Å². The van der Waals surface area contributed by atoms with Crippen LogP contribution in [0.4, 0.5) is 0 Å². The van der Waals surface area contributed by atoms with Crippen molar-refractivity contribution in [2.75, 3.05) is 0 Å². The molecule has 2 saturated carbocycles. The topological polar surface area (TPSA) is 60.2 Å². The minimum absolute atomic E-state index is 0.00667. The predicted molar refractivity (Wildman–Crippen MR) is 64.4 cm³/mol. The van der Waals surface area contributed by atoms with E-state index >= 15 is 0 Å². The van der Waals surface area contributed by atoms with E-state index in [4.69, 9.17) is 0 Å². The van der Waals surface area contributed by atoms with Crippen LogP contribution in [0.3, 0.4) is 0 Å². The Morgan fingerprint density at radius 2 is 1.82 bits per heavy atom. The lowest BCUT2D eigenvalue weighted by Gasteiger charge is -2.35. The lowest BCUT2D eigenvalue weighted by Crippen LogP contribution is -2.47. The van der Waals surface area contributed by atoms with E-state index in [1.165, 1.54) is 0 Å². The molecule has 1 unspecified atom stereocenters. The van der Waals surface area contributed by atoms with E-state index in [1.807, 2.05) is 0 Å². The Labute approximate surface area is 102 Å². The second-order valence-corrected chi connectivity index (χ2v) is 5.61. The molecule has 0 amide bonds. The van der Waals surface area contributed by atoms with Crippen LogP contribution in [0.25, 0.3) is 0 Å². The molecule has 2 fully saturated rings. The van der Waals surface area contributed by atoms with Gasteiger partial charge in [-0.15, -0.1) is 0 Å². The fourth-order valence-electron chi connectivity index (χ4n) is 3.55. The molecule has 4 heteroatoms. The highest BCUT2D eigenvalue weighted by Gasteiger charge is 2.51. The first-order chi connectivity index (χ1) is 8.15. The molecule has 0 saturated heterocycles. The zero-order valence-corrected chi connectivity index (χ0v) is 10.3. The molecule has 0 heterocycles. The lowest BCUT2D eigenvalue weighted by atomic mass is 9.70. The van der Waals surface area contributed by atoms with E-state index < -0.39 is 5.54 Å². The van der Waals surface area contributed by atoms with Crippen LogP contribution < -0.4 is 0 Å². The first-order valence-corrected chi connectivity index (χ1v) is 6.81. The number of carbonyl (C=O) groups excluding carboxylic acids is 1. The highest BCUT2D eigenvalue weighted by atomic mass is 16.6. The number of hydrogen-bond acceptors (Lipinski definition) is 3. The van der Waals surface area contributed by atoms with Gasteiger partial charge in [0, 0.05) is 36.5 Å². The molecule has 0 aromatic heterocycles. The predicted octanol–water partition coefficient (Wildman–Crippen LogP) is 3.12. The van der Waals surface area contributed by atoms with Crippen LogP contribution >= 0.6 is 0 Å². The molecule has 0 spiro atoms. The number of nitro groups is 1. The van der Waals surface area contributed by atoms with Gasteiger partial charge in [0.05, 0.1) is 0 Å². The first-order valence-electron chi connectivity index (χ1n) is 6.81. The van der Waals surface area contributed by atoms with Crippen molar-refractivity contribution >= 4 is 5.78 Å². The summed E-state index contributed by atoms with van der Waals surface area (Å²) in [7, 11) is 0. The molecular formula is C13H21NO3. The molecule has 96 valence electrons. The normalized spacial score (nSPS) is 29.6. The van der Waals surface area contributed by atoms with Gasteiger partial charge in [-0.05, 0) is 25.7 Å². The van der Waals surface area contributed by atoms with Crippen LogP contribution in [0.2, 0.25) is 0 Å². The van der Waals surface area contributed by atoms with E-state index in [0.717, 1.165) is 38.5 Å². The molecule has 4 nitrogen and oxygen atoms in total. The molecular weight excluding hydrogens is 218 g/mol. The summed E-state index contributed by atoms with van der Waals surface area (Å²) in [5, 5.41) is 11.5. The van der Waals surface area contributed by atoms with Gasteiger partial charge in [-0.3, -0.25) is 14.9 Å². The average Bonchev–Trinajstić information content (AvgIpc) is 2.55. The SMILES string of the molecule is O=C1CCCCC(C2([N+](=O)[O-])CCCCC2)C1. The van der Waals surface area contributed by atoms with Gasteiger partial charge in [0.1, 0.15) is 5.78 Å². The molecule has 0 bridgehead atoms. The zero-order chi connectivity index (χ0) is 12.3. The summed E-state index contributed by atoms with van der Waals surface area (Å²) >= 11 is 0. The van der Waals surface area contributed by atoms with Crippen molar-refractivity contribution in [2.24, 2.45) is 5.92 Å². The number of ketones is 1. The summed E-state index contributed by atoms with van der Waals surface area (Å²) in [5.41, 5.74) is -0.780. The molecule has 0 aromatic carbocycles. The molecule has 0 aliphatic heterocycles. The Balaban J connectivity index is 2.19. The minimum atomic E-state index is -0.780. The van der Waals surface area contributed by atoms with Gasteiger partial charge in [0.25, 0.3) is 0 Å². The van der Waals surface area contributed by atoms with Crippen LogP contribution in [0, 0.1) is 16.0 Å². The summed E-state index contributed by atoms with van der Waals surface area (Å²) in [5.74, 6) is 0.229. The molecule has 0 radical (unpaired) electrons. The zero-order valence-electron chi connectivity index (χ0n) is 10.3. The largest absolute Gasteiger partial charge is 0.300 e. The Kier molecular flexibility index (Phi) is 3.79. The highest BCUT2D eigenvalue weighted by molar-refractivity contribution is 5.78. The highest BCUT2D eigenvalue weighted by Crippen LogP contribution is 2.42. The average molecular weight is 239 g/mol. The van der Waals surface area contributed by atoms with Gasteiger partial charge in [0.15, 0.2) is 0 Å². The van der Waals surface area contributed by atoms with Crippen molar-refractivity contribution in [2.45, 2.75) is 69.7 Å². The van der Waals surface area contributed by atoms with Gasteiger partial charge in [-0.25, -0.2) is 0 Å². The number of nitrogens with zero attached hydrogens (tertiary/aromatic N) is 1. The van der Waals surface area contributed by atoms with Crippen LogP contribution in [-0.2, 0) is 4.79 Å². The van der Waals surface area contributed by atoms with Crippen molar-refractivity contribution in [1.82, 2.24) is 0 Å². The van der Waals surface area contributed by atoms with Gasteiger partial charge in [0.2, 0.25) is 5.54 Å². The molecule has 2 rings (SSSR count). The molecule has 2 aliphatic carbocycles. The maximum absolute atomic E-state index is 11.7. The molecule has 0 aromatic rings. The maximum Gasteiger partial charge on any atom is 0.225 e. The van der Waals surface area contributed by atoms with Gasteiger partial charge in [-0.1, -0.05) is 12.8 Å². The third-order valence-electron chi connectivity index (χ3n) is 4.58. The summed E-state index contributed by atoms with van der Waals surface area (Å²) in [6.45, 7) is 0. The fraction of sp³-hybridized carbons (Fsp3) is 0.923. The number of Topliss-reactive ketones (excluding diaryl/α,β-unsaturated/α-hetero) is 1. The van der Waals surface area contributed by atoms with Crippen molar-refractivity contribution < 1.29 is 9.72 Å². The van der Waals surface area contributed by atoms with Crippen molar-refractivity contribution in [3.63, 3.8) is 0 Å². The minimum Gasteiger partial charge on any atom is -0.300 e. The van der Waals surface area contributed by atoms with E-state index in [0.29, 0.717) is 25.7 Å². The van der Waals surface area contributed by atoms with Gasteiger partial charge >= 0.3 is 0 Å². The standard InChI is InChI=1S/C13H21NO3/c15-12-7-3-2-6-11(10-12)13(14(16)17)8-4-1-5-9-13/h11H,1-10H2. The number of hydrogen-bond donors (Lipinski definition) is 0. The third kappa shape index (κ3) is 2.50. The van der Waals surface area contributed by atoms with Crippen LogP contribution in [0.15, 0.2) is 0 Å². The second-order valence-electron chi connectivity index (χ2n) is 5.61. The summed E-state index contributed by atoms with van der Waals surface area (Å²) in [6, 6.07) is 0. The monoisotopic (exact) mass is 239 g/mol. The van der Waals surface area contributed by atoms with E-state index in [1.54, 1.807) is 0 Å². The van der Waals surface area contributed by atoms with Crippen LogP contribution in [0.1, 0.15) is 64.2 Å². The molecule has 1 atom stereocenters. The third-order valence-corrected chi connectivity index (χ3v) is 4.58. The second kappa shape index (κ2) is 5.15. The molecule has 17 heavy (non-hydrogen) atoms. The molecule has 2 aliphatic rings. The van der Waals surface area contributed by atoms with Gasteiger partial charge < -0.3 is 0 Å².